The van der Waals surface area contributed by atoms with E-state index in [9.17, 15) is 34.8 Å². The Hall–Kier alpha value is -0.790. The van der Waals surface area contributed by atoms with Crippen LogP contribution < -0.4 is 45.3 Å². The quantitative estimate of drug-likeness (QED) is 0.187. The summed E-state index contributed by atoms with van der Waals surface area (Å²) in [4.78, 5) is 36.1. The standard InChI is InChI=1S/C24H38N2O9.Na/c1-12(27)26-19-16(28)9-24(34-2,22(32)33)35-21(19)20(31)17(29)11-25-18(30)10-23-6-13-3-14(7-23)5-15(4-13)8-23;/h13-17,19-21,28-29,31H,3-11H2,1-2H3,(H,25,30)(H,26,27)(H,32,33);/q;+1/p-1/t13?,14?,15?,16-,17+,19+,20+,21+,23?,24?;/m0./s1. The summed E-state index contributed by atoms with van der Waals surface area (Å²) in [5.74, 6) is -2.79. The molecule has 6 atom stereocenters. The van der Waals surface area contributed by atoms with Gasteiger partial charge < -0.3 is 45.3 Å². The second-order valence-electron chi connectivity index (χ2n) is 11.3. The number of amides is 2. The summed E-state index contributed by atoms with van der Waals surface area (Å²) in [6, 6.07) is -1.22. The first-order valence-electron chi connectivity index (χ1n) is 12.5. The molecular weight excluding hydrogens is 483 g/mol. The van der Waals surface area contributed by atoms with Gasteiger partial charge in [-0.3, -0.25) is 9.59 Å². The molecule has 1 unspecified atom stereocenters. The van der Waals surface area contributed by atoms with Crippen LogP contribution in [0.2, 0.25) is 0 Å². The zero-order valence-corrected chi connectivity index (χ0v) is 23.3. The average Bonchev–Trinajstić information content (AvgIpc) is 2.76. The van der Waals surface area contributed by atoms with Crippen LogP contribution in [0.5, 0.6) is 0 Å². The number of rotatable bonds is 9. The van der Waals surface area contributed by atoms with Crippen molar-refractivity contribution in [3.05, 3.63) is 0 Å². The maximum absolute atomic E-state index is 12.8. The summed E-state index contributed by atoms with van der Waals surface area (Å²) in [5, 5.41) is 48.7. The number of aliphatic carboxylic acids is 1. The Morgan fingerprint density at radius 2 is 1.64 bits per heavy atom. The number of ether oxygens (including phenoxy) is 2. The number of aliphatic hydroxyl groups excluding tert-OH is 3. The molecule has 0 aromatic heterocycles. The molecule has 0 radical (unpaired) electrons. The number of aliphatic hydroxyl groups is 3. The normalized spacial score (nSPS) is 40.6. The molecule has 11 nitrogen and oxygen atoms in total. The molecule has 5 N–H and O–H groups in total. The smallest absolute Gasteiger partial charge is 0.544 e. The molecule has 1 saturated heterocycles. The summed E-state index contributed by atoms with van der Waals surface area (Å²) in [6.45, 7) is 0.884. The van der Waals surface area contributed by atoms with E-state index in [1.54, 1.807) is 0 Å². The third-order valence-corrected chi connectivity index (χ3v) is 8.52. The number of hydrogen-bond donors (Lipinski definition) is 5. The van der Waals surface area contributed by atoms with Gasteiger partial charge in [-0.2, -0.15) is 0 Å². The van der Waals surface area contributed by atoms with Crippen molar-refractivity contribution in [1.82, 2.24) is 10.6 Å². The van der Waals surface area contributed by atoms with E-state index in [4.69, 9.17) is 9.47 Å². The van der Waals surface area contributed by atoms with Crippen molar-refractivity contribution in [2.45, 2.75) is 94.5 Å². The van der Waals surface area contributed by atoms with Crippen molar-refractivity contribution >= 4 is 17.8 Å². The summed E-state index contributed by atoms with van der Waals surface area (Å²) in [6.07, 6.45) is 0.481. The van der Waals surface area contributed by atoms with E-state index >= 15 is 0 Å². The summed E-state index contributed by atoms with van der Waals surface area (Å²) < 4.78 is 10.4. The Bertz CT molecular complexity index is 807. The molecule has 198 valence electrons. The molecule has 36 heavy (non-hydrogen) atoms. The zero-order chi connectivity index (χ0) is 25.5. The molecule has 5 fully saturated rings. The zero-order valence-electron chi connectivity index (χ0n) is 21.3. The average molecular weight is 521 g/mol. The molecule has 12 heteroatoms. The molecule has 1 heterocycles. The molecule has 4 bridgehead atoms. The molecular formula is C24H37N2NaO9. The fourth-order valence-electron chi connectivity index (χ4n) is 7.47. The van der Waals surface area contributed by atoms with Crippen LogP contribution in [0.3, 0.4) is 0 Å². The summed E-state index contributed by atoms with van der Waals surface area (Å²) in [7, 11) is 1.05. The predicted octanol–water partition coefficient (Wildman–Crippen LogP) is -4.82. The minimum Gasteiger partial charge on any atom is -0.544 e. The monoisotopic (exact) mass is 520 g/mol. The number of carbonyl (C=O) groups is 3. The van der Waals surface area contributed by atoms with Crippen LogP contribution in [0.25, 0.3) is 0 Å². The first-order valence-corrected chi connectivity index (χ1v) is 12.5. The van der Waals surface area contributed by atoms with E-state index in [0.29, 0.717) is 24.2 Å². The largest absolute Gasteiger partial charge is 1.00 e. The molecule has 0 spiro atoms. The summed E-state index contributed by atoms with van der Waals surface area (Å²) in [5.41, 5.74) is 0.0159. The van der Waals surface area contributed by atoms with Crippen molar-refractivity contribution in [1.29, 1.82) is 0 Å². The van der Waals surface area contributed by atoms with E-state index in [0.717, 1.165) is 26.4 Å². The van der Waals surface area contributed by atoms with Crippen molar-refractivity contribution in [3.63, 3.8) is 0 Å². The maximum atomic E-state index is 12.8. The van der Waals surface area contributed by atoms with Gasteiger partial charge in [0.15, 0.2) is 0 Å². The number of hydrogen-bond acceptors (Lipinski definition) is 9. The first kappa shape index (κ1) is 29.8. The Balaban J connectivity index is 0.00000361. The topological polar surface area (TPSA) is 177 Å². The van der Waals surface area contributed by atoms with Gasteiger partial charge in [0.1, 0.15) is 18.2 Å². The SMILES string of the molecule is COC1(C(=O)[O-])C[C@H](O)[C@@H](NC(C)=O)[C@H]([C@H](O)[C@H](O)CNC(=O)CC23CC4CC(CC(C4)C2)C3)O1.[Na+]. The molecule has 4 aliphatic carbocycles. The fourth-order valence-corrected chi connectivity index (χ4v) is 7.47. The van der Waals surface area contributed by atoms with Gasteiger partial charge in [-0.1, -0.05) is 0 Å². The van der Waals surface area contributed by atoms with Gasteiger partial charge in [-0.25, -0.2) is 0 Å². The van der Waals surface area contributed by atoms with E-state index in [1.165, 1.54) is 26.2 Å². The maximum Gasteiger partial charge on any atom is 1.00 e. The number of methoxy groups -OCH3 is 1. The van der Waals surface area contributed by atoms with Crippen LogP contribution in [0.1, 0.15) is 58.3 Å². The van der Waals surface area contributed by atoms with Gasteiger partial charge in [-0.15, -0.1) is 0 Å². The first-order chi connectivity index (χ1) is 16.5. The van der Waals surface area contributed by atoms with Gasteiger partial charge in [-0.05, 0) is 61.7 Å². The van der Waals surface area contributed by atoms with Crippen molar-refractivity contribution in [3.8, 4) is 0 Å². The van der Waals surface area contributed by atoms with Crippen LogP contribution in [0, 0.1) is 23.2 Å². The van der Waals surface area contributed by atoms with Crippen molar-refractivity contribution < 1.29 is 73.8 Å². The minimum absolute atomic E-state index is 0. The number of carbonyl (C=O) groups excluding carboxylic acids is 3. The van der Waals surface area contributed by atoms with Gasteiger partial charge in [0.25, 0.3) is 0 Å². The van der Waals surface area contributed by atoms with Gasteiger partial charge in [0, 0.05) is 33.4 Å². The molecule has 0 aromatic carbocycles. The molecule has 4 saturated carbocycles. The van der Waals surface area contributed by atoms with E-state index in [-0.39, 0.29) is 47.4 Å². The third kappa shape index (κ3) is 6.09. The van der Waals surface area contributed by atoms with E-state index in [2.05, 4.69) is 10.6 Å². The third-order valence-electron chi connectivity index (χ3n) is 8.52. The van der Waals surface area contributed by atoms with Crippen LogP contribution in [0.4, 0.5) is 0 Å². The molecule has 2 amide bonds. The molecule has 0 aromatic rings. The van der Waals surface area contributed by atoms with Crippen LogP contribution >= 0.6 is 0 Å². The number of carboxylic acids is 1. The Labute approximate surface area is 233 Å². The minimum atomic E-state index is -2.37. The molecule has 1 aliphatic heterocycles. The number of nitrogens with one attached hydrogen (secondary N) is 2. The Morgan fingerprint density at radius 1 is 1.08 bits per heavy atom. The van der Waals surface area contributed by atoms with Crippen LogP contribution in [0.15, 0.2) is 0 Å². The van der Waals surface area contributed by atoms with Gasteiger partial charge in [0.2, 0.25) is 17.6 Å². The fraction of sp³-hybridized carbons (Fsp3) is 0.875. The van der Waals surface area contributed by atoms with Crippen molar-refractivity contribution in [2.24, 2.45) is 23.2 Å². The number of carboxylic acid groups (broad SMARTS) is 1. The van der Waals surface area contributed by atoms with Crippen LogP contribution in [-0.4, -0.2) is 83.0 Å². The van der Waals surface area contributed by atoms with Crippen LogP contribution in [-0.2, 0) is 23.9 Å². The second kappa shape index (κ2) is 11.5. The Morgan fingerprint density at radius 3 is 2.11 bits per heavy atom. The van der Waals surface area contributed by atoms with E-state index in [1.807, 2.05) is 0 Å². The van der Waals surface area contributed by atoms with Gasteiger partial charge in [0.05, 0.1) is 18.2 Å². The van der Waals surface area contributed by atoms with Crippen molar-refractivity contribution in [2.75, 3.05) is 13.7 Å². The van der Waals surface area contributed by atoms with E-state index < -0.39 is 54.5 Å². The van der Waals surface area contributed by atoms with Gasteiger partial charge >= 0.3 is 29.6 Å². The molecule has 5 rings (SSSR count). The second-order valence-corrected chi connectivity index (χ2v) is 11.3. The predicted molar refractivity (Wildman–Crippen MR) is 118 cm³/mol. The molecule has 5 aliphatic rings. The summed E-state index contributed by atoms with van der Waals surface area (Å²) >= 11 is 0. The Kier molecular flexibility index (Phi) is 9.53.